The maximum absolute atomic E-state index is 12.8. The lowest BCUT2D eigenvalue weighted by atomic mass is 10.1. The number of Topliss-reactive ketones (excluding diaryl/α,β-unsaturated/α-hetero) is 1. The molecule has 1 aromatic rings. The van der Waals surface area contributed by atoms with Crippen molar-refractivity contribution >= 4 is 12.1 Å². The summed E-state index contributed by atoms with van der Waals surface area (Å²) in [6.07, 6.45) is 0.171. The molecule has 0 unspecified atom stereocenters. The van der Waals surface area contributed by atoms with Crippen LogP contribution in [-0.2, 0) is 4.79 Å². The third-order valence-electron chi connectivity index (χ3n) is 1.56. The minimum absolute atomic E-state index is 0.0908. The van der Waals surface area contributed by atoms with E-state index in [-0.39, 0.29) is 11.8 Å². The fourth-order valence-electron chi connectivity index (χ4n) is 0.814. The summed E-state index contributed by atoms with van der Waals surface area (Å²) in [5.74, 6) is -1.17. The fraction of sp³-hybridized carbons (Fsp3) is 0.111. The molecule has 0 fully saturated rings. The second kappa shape index (κ2) is 3.26. The molecule has 0 bridgehead atoms. The Balaban J connectivity index is 3.13. The normalized spacial score (nSPS) is 9.50. The maximum atomic E-state index is 12.8. The molecule has 0 spiro atoms. The Bertz CT molecular complexity index is 331. The predicted molar refractivity (Wildman–Crippen MR) is 41.5 cm³/mol. The van der Waals surface area contributed by atoms with Gasteiger partial charge >= 0.3 is 0 Å². The van der Waals surface area contributed by atoms with E-state index in [0.717, 1.165) is 6.07 Å². The Labute approximate surface area is 69.0 Å². The molecule has 0 amide bonds. The smallest absolute Gasteiger partial charge is 0.225 e. The summed E-state index contributed by atoms with van der Waals surface area (Å²) in [7, 11) is 0. The van der Waals surface area contributed by atoms with Crippen molar-refractivity contribution in [2.45, 2.75) is 6.92 Å². The molecule has 3 heteroatoms. The van der Waals surface area contributed by atoms with Gasteiger partial charge in [-0.3, -0.25) is 9.59 Å². The Kier molecular flexibility index (Phi) is 2.33. The van der Waals surface area contributed by atoms with E-state index >= 15 is 0 Å². The fourth-order valence-corrected chi connectivity index (χ4v) is 0.814. The molecular weight excluding hydrogens is 159 g/mol. The Morgan fingerprint density at radius 3 is 2.67 bits per heavy atom. The van der Waals surface area contributed by atoms with Crippen LogP contribution < -0.4 is 0 Å². The van der Waals surface area contributed by atoms with Crippen molar-refractivity contribution in [3.05, 3.63) is 35.1 Å². The Hall–Kier alpha value is -1.51. The standard InChI is InChI=1S/C9H7FO2/c1-6-2-3-7(4-8(6)10)9(12)5-11/h2-5H,1H3. The van der Waals surface area contributed by atoms with Gasteiger partial charge in [0.05, 0.1) is 0 Å². The summed E-state index contributed by atoms with van der Waals surface area (Å²) in [5.41, 5.74) is 0.547. The van der Waals surface area contributed by atoms with Crippen LogP contribution in [0.15, 0.2) is 18.2 Å². The van der Waals surface area contributed by atoms with Gasteiger partial charge in [-0.1, -0.05) is 12.1 Å². The van der Waals surface area contributed by atoms with E-state index in [1.165, 1.54) is 12.1 Å². The summed E-state index contributed by atoms with van der Waals surface area (Å²) in [6, 6.07) is 3.95. The molecule has 0 radical (unpaired) electrons. The van der Waals surface area contributed by atoms with Crippen LogP contribution in [0.2, 0.25) is 0 Å². The lowest BCUT2D eigenvalue weighted by molar-refractivity contribution is -0.104. The molecule has 1 rings (SSSR count). The number of benzene rings is 1. The van der Waals surface area contributed by atoms with Crippen molar-refractivity contribution in [2.75, 3.05) is 0 Å². The van der Waals surface area contributed by atoms with Crippen LogP contribution in [0.5, 0.6) is 0 Å². The van der Waals surface area contributed by atoms with Gasteiger partial charge in [-0.15, -0.1) is 0 Å². The quantitative estimate of drug-likeness (QED) is 0.379. The van der Waals surface area contributed by atoms with Gasteiger partial charge in [-0.25, -0.2) is 4.39 Å². The van der Waals surface area contributed by atoms with Crippen molar-refractivity contribution in [3.8, 4) is 0 Å². The average Bonchev–Trinajstić information content (AvgIpc) is 2.08. The topological polar surface area (TPSA) is 34.1 Å². The molecule has 0 saturated carbocycles. The number of carbonyl (C=O) groups is 2. The zero-order chi connectivity index (χ0) is 9.14. The van der Waals surface area contributed by atoms with E-state index in [0.29, 0.717) is 5.56 Å². The first kappa shape index (κ1) is 8.59. The molecule has 1 aromatic carbocycles. The van der Waals surface area contributed by atoms with Gasteiger partial charge < -0.3 is 0 Å². The third kappa shape index (κ3) is 1.56. The van der Waals surface area contributed by atoms with Crippen molar-refractivity contribution in [2.24, 2.45) is 0 Å². The van der Waals surface area contributed by atoms with Crippen LogP contribution in [0.3, 0.4) is 0 Å². The minimum atomic E-state index is -0.700. The monoisotopic (exact) mass is 166 g/mol. The molecular formula is C9H7FO2. The van der Waals surface area contributed by atoms with Gasteiger partial charge in [0.15, 0.2) is 6.29 Å². The summed E-state index contributed by atoms with van der Waals surface area (Å²) < 4.78 is 12.8. The molecule has 12 heavy (non-hydrogen) atoms. The highest BCUT2D eigenvalue weighted by molar-refractivity contribution is 6.33. The van der Waals surface area contributed by atoms with Gasteiger partial charge in [0, 0.05) is 5.56 Å². The molecule has 0 aliphatic carbocycles. The van der Waals surface area contributed by atoms with Crippen LogP contribution in [0.1, 0.15) is 15.9 Å². The molecule has 0 heterocycles. The molecule has 0 N–H and O–H groups in total. The number of aldehydes is 1. The van der Waals surface area contributed by atoms with Crippen LogP contribution in [0, 0.1) is 12.7 Å². The van der Waals surface area contributed by atoms with E-state index in [1.54, 1.807) is 6.92 Å². The second-order valence-electron chi connectivity index (χ2n) is 2.45. The van der Waals surface area contributed by atoms with Crippen LogP contribution in [0.4, 0.5) is 4.39 Å². The lowest BCUT2D eigenvalue weighted by Gasteiger charge is -1.97. The number of ketones is 1. The van der Waals surface area contributed by atoms with Crippen molar-refractivity contribution in [3.63, 3.8) is 0 Å². The highest BCUT2D eigenvalue weighted by Gasteiger charge is 2.05. The first-order chi connectivity index (χ1) is 5.65. The van der Waals surface area contributed by atoms with Crippen LogP contribution >= 0.6 is 0 Å². The number of aryl methyl sites for hydroxylation is 1. The maximum Gasteiger partial charge on any atom is 0.225 e. The molecule has 62 valence electrons. The zero-order valence-corrected chi connectivity index (χ0v) is 6.50. The van der Waals surface area contributed by atoms with E-state index in [2.05, 4.69) is 0 Å². The largest absolute Gasteiger partial charge is 0.294 e. The van der Waals surface area contributed by atoms with Gasteiger partial charge in [0.25, 0.3) is 0 Å². The van der Waals surface area contributed by atoms with E-state index in [1.807, 2.05) is 0 Å². The molecule has 0 aliphatic rings. The van der Waals surface area contributed by atoms with Crippen molar-refractivity contribution in [1.82, 2.24) is 0 Å². The third-order valence-corrected chi connectivity index (χ3v) is 1.56. The average molecular weight is 166 g/mol. The summed E-state index contributed by atoms with van der Waals surface area (Å²) in [4.78, 5) is 20.8. The van der Waals surface area contributed by atoms with Gasteiger partial charge in [-0.05, 0) is 18.6 Å². The molecule has 2 nitrogen and oxygen atoms in total. The van der Waals surface area contributed by atoms with E-state index in [9.17, 15) is 14.0 Å². The number of rotatable bonds is 2. The van der Waals surface area contributed by atoms with Gasteiger partial charge in [-0.2, -0.15) is 0 Å². The highest BCUT2D eigenvalue weighted by atomic mass is 19.1. The minimum Gasteiger partial charge on any atom is -0.294 e. The summed E-state index contributed by atoms with van der Waals surface area (Å²) in [6.45, 7) is 1.59. The molecule has 0 aromatic heterocycles. The number of hydrogen-bond acceptors (Lipinski definition) is 2. The summed E-state index contributed by atoms with van der Waals surface area (Å²) >= 11 is 0. The molecule has 0 saturated heterocycles. The predicted octanol–water partition coefficient (Wildman–Crippen LogP) is 1.52. The van der Waals surface area contributed by atoms with Gasteiger partial charge in [0.2, 0.25) is 5.78 Å². The molecule has 0 aliphatic heterocycles. The number of halogens is 1. The lowest BCUT2D eigenvalue weighted by Crippen LogP contribution is -2.00. The first-order valence-electron chi connectivity index (χ1n) is 3.41. The Morgan fingerprint density at radius 2 is 2.17 bits per heavy atom. The highest BCUT2D eigenvalue weighted by Crippen LogP contribution is 2.08. The second-order valence-corrected chi connectivity index (χ2v) is 2.45. The van der Waals surface area contributed by atoms with E-state index < -0.39 is 11.6 Å². The first-order valence-corrected chi connectivity index (χ1v) is 3.41. The van der Waals surface area contributed by atoms with E-state index in [4.69, 9.17) is 0 Å². The Morgan fingerprint density at radius 1 is 1.50 bits per heavy atom. The van der Waals surface area contributed by atoms with Crippen molar-refractivity contribution in [1.29, 1.82) is 0 Å². The van der Waals surface area contributed by atoms with Crippen LogP contribution in [0.25, 0.3) is 0 Å². The van der Waals surface area contributed by atoms with Gasteiger partial charge in [0.1, 0.15) is 5.82 Å². The summed E-state index contributed by atoms with van der Waals surface area (Å²) in [5, 5.41) is 0. The number of hydrogen-bond donors (Lipinski definition) is 0. The zero-order valence-electron chi connectivity index (χ0n) is 6.50. The van der Waals surface area contributed by atoms with Crippen LogP contribution in [-0.4, -0.2) is 12.1 Å². The van der Waals surface area contributed by atoms with Crippen molar-refractivity contribution < 1.29 is 14.0 Å². The number of carbonyl (C=O) groups excluding carboxylic acids is 2. The SMILES string of the molecule is Cc1ccc(C(=O)C=O)cc1F. The molecule has 0 atom stereocenters.